The molecule has 14 aromatic carbocycles. The molecule has 0 atom stereocenters. The third-order valence-corrected chi connectivity index (χ3v) is 21.6. The number of alkyl halides is 12. The highest BCUT2D eigenvalue weighted by molar-refractivity contribution is 6.29. The molecule has 10 nitrogen and oxygen atoms in total. The van der Waals surface area contributed by atoms with Crippen LogP contribution in [0.15, 0.2) is 350 Å². The van der Waals surface area contributed by atoms with Gasteiger partial charge in [0, 0.05) is 90.9 Å². The third kappa shape index (κ3) is 15.0. The summed E-state index contributed by atoms with van der Waals surface area (Å²) in [4.78, 5) is 23.1. The van der Waals surface area contributed by atoms with Crippen LogP contribution in [-0.2, 0) is 24.7 Å². The van der Waals surface area contributed by atoms with Crippen LogP contribution in [0.2, 0.25) is 0 Å². The molecule has 0 aliphatic carbocycles. The van der Waals surface area contributed by atoms with Crippen molar-refractivity contribution in [1.82, 2.24) is 9.97 Å². The summed E-state index contributed by atoms with van der Waals surface area (Å²) >= 11 is 0. The monoisotopic (exact) mass is 1630 g/mol. The lowest BCUT2D eigenvalue weighted by atomic mass is 9.91. The summed E-state index contributed by atoms with van der Waals surface area (Å²) in [6, 6.07) is 98.3. The van der Waals surface area contributed by atoms with Gasteiger partial charge >= 0.3 is 24.7 Å². The van der Waals surface area contributed by atoms with E-state index in [4.69, 9.17) is 9.98 Å². The van der Waals surface area contributed by atoms with Crippen molar-refractivity contribution in [3.63, 3.8) is 0 Å². The Morgan fingerprint density at radius 2 is 0.598 bits per heavy atom. The van der Waals surface area contributed by atoms with Crippen LogP contribution in [0.5, 0.6) is 0 Å². The molecule has 0 amide bonds. The van der Waals surface area contributed by atoms with E-state index in [1.54, 1.807) is 73.1 Å². The van der Waals surface area contributed by atoms with Crippen LogP contribution < -0.4 is 20.4 Å². The molecule has 16 aromatic rings. The van der Waals surface area contributed by atoms with Gasteiger partial charge in [0.25, 0.3) is 0 Å². The number of benzene rings is 14. The van der Waals surface area contributed by atoms with Gasteiger partial charge in [-0.05, 0) is 217 Å². The van der Waals surface area contributed by atoms with Gasteiger partial charge in [0.15, 0.2) is 11.6 Å². The van der Waals surface area contributed by atoms with E-state index in [1.165, 1.54) is 12.1 Å². The van der Waals surface area contributed by atoms with E-state index < -0.39 is 58.1 Å². The van der Waals surface area contributed by atoms with Crippen molar-refractivity contribution in [2.24, 2.45) is 9.98 Å². The molecule has 0 spiro atoms. The molecule has 2 aromatic heterocycles. The molecular formula is C100H58F12N10. The fourth-order valence-corrected chi connectivity index (χ4v) is 15.8. The number of halogens is 12. The van der Waals surface area contributed by atoms with Crippen molar-refractivity contribution >= 4 is 101 Å². The minimum absolute atomic E-state index is 0.107. The molecule has 0 radical (unpaired) electrons. The number of amidine groups is 2. The minimum Gasteiger partial charge on any atom is -0.339 e. The van der Waals surface area contributed by atoms with Gasteiger partial charge in [-0.3, -0.25) is 0 Å². The van der Waals surface area contributed by atoms with E-state index in [0.29, 0.717) is 90.6 Å². The first-order valence-corrected chi connectivity index (χ1v) is 38.1. The van der Waals surface area contributed by atoms with Crippen LogP contribution in [0.25, 0.3) is 99.5 Å². The van der Waals surface area contributed by atoms with Crippen molar-refractivity contribution < 1.29 is 52.7 Å². The van der Waals surface area contributed by atoms with Crippen LogP contribution in [0, 0.1) is 22.7 Å². The molecule has 0 bridgehead atoms. The predicted octanol–water partition coefficient (Wildman–Crippen LogP) is 28.8. The van der Waals surface area contributed by atoms with Crippen LogP contribution in [0.3, 0.4) is 0 Å². The number of aliphatic imine (C=N–C) groups is 2. The van der Waals surface area contributed by atoms with Crippen LogP contribution in [0.1, 0.15) is 44.5 Å². The topological polar surface area (TPSA) is 129 Å². The zero-order valence-corrected chi connectivity index (χ0v) is 63.4. The smallest absolute Gasteiger partial charge is 0.339 e. The minimum atomic E-state index is -5.08. The van der Waals surface area contributed by atoms with E-state index in [1.807, 2.05) is 218 Å². The summed E-state index contributed by atoms with van der Waals surface area (Å²) < 4.78 is 168. The summed E-state index contributed by atoms with van der Waals surface area (Å²) in [6.45, 7) is 0. The molecule has 0 saturated carbocycles. The normalized spacial score (nSPS) is 13.4. The molecule has 122 heavy (non-hydrogen) atoms. The Balaban J connectivity index is 0.603. The van der Waals surface area contributed by atoms with E-state index in [2.05, 4.69) is 42.5 Å². The van der Waals surface area contributed by atoms with Crippen LogP contribution >= 0.6 is 0 Å². The van der Waals surface area contributed by atoms with Gasteiger partial charge in [-0.1, -0.05) is 188 Å². The Morgan fingerprint density at radius 3 is 0.951 bits per heavy atom. The number of aromatic nitrogens is 2. The SMILES string of the molecule is N#C/C(=C(/C#N)c1ccc(N(c2ccc(-c3ccccc3)cc2)c2ccc(-c3ccc(N=C4Nc5cccc6c(-c7ccc(C(F)(F)F)cc7C(F)(F)F)ccc4c56)nc3)cc2)cc1)c1ccc(N(c2ccc(-c3ccccc3)cc2)c2ccc(-c3ccc(N=C4Nc5ccc(-c6ccc(C(F)(F)F)cc6C(F)(F)F)c6cccc4c56)nc3)cc2)cc1. The third-order valence-electron chi connectivity index (χ3n) is 21.6. The summed E-state index contributed by atoms with van der Waals surface area (Å²) in [6.07, 6.45) is -16.8. The molecule has 2 aliphatic heterocycles. The first-order valence-electron chi connectivity index (χ1n) is 38.1. The van der Waals surface area contributed by atoms with E-state index >= 15 is 0 Å². The Bertz CT molecular complexity index is 6570. The second-order valence-corrected chi connectivity index (χ2v) is 28.9. The molecule has 0 unspecified atom stereocenters. The maximum atomic E-state index is 14.4. The number of pyridine rings is 2. The number of nitrogens with zero attached hydrogens (tertiary/aromatic N) is 8. The highest BCUT2D eigenvalue weighted by atomic mass is 19.4. The fourth-order valence-electron chi connectivity index (χ4n) is 15.8. The second-order valence-electron chi connectivity index (χ2n) is 28.9. The highest BCUT2D eigenvalue weighted by Crippen LogP contribution is 2.50. The average Bonchev–Trinajstić information content (AvgIpc) is 1.50. The Hall–Kier alpha value is -15.7. The maximum absolute atomic E-state index is 14.4. The van der Waals surface area contributed by atoms with E-state index in [9.17, 15) is 63.2 Å². The lowest BCUT2D eigenvalue weighted by Crippen LogP contribution is -2.12. The number of nitriles is 2. The molecule has 2 N–H and O–H groups in total. The van der Waals surface area contributed by atoms with Crippen LogP contribution in [-0.4, -0.2) is 21.6 Å². The van der Waals surface area contributed by atoms with Gasteiger partial charge in [0.2, 0.25) is 0 Å². The number of hydrogen-bond donors (Lipinski definition) is 2. The van der Waals surface area contributed by atoms with E-state index in [0.717, 1.165) is 90.8 Å². The fraction of sp³-hybridized carbons (Fsp3) is 0.0400. The van der Waals surface area contributed by atoms with Gasteiger partial charge in [-0.25, -0.2) is 20.0 Å². The summed E-state index contributed by atoms with van der Waals surface area (Å²) in [5.41, 5.74) is 9.40. The van der Waals surface area contributed by atoms with Gasteiger partial charge in [0.1, 0.15) is 23.8 Å². The summed E-state index contributed by atoms with van der Waals surface area (Å²) in [7, 11) is 0. The molecule has 592 valence electrons. The lowest BCUT2D eigenvalue weighted by Gasteiger charge is -2.26. The molecule has 22 heteroatoms. The molecule has 0 fully saturated rings. The zero-order valence-electron chi connectivity index (χ0n) is 63.4. The first-order chi connectivity index (χ1) is 58.9. The Kier molecular flexibility index (Phi) is 19.7. The molecule has 18 rings (SSSR count). The second kappa shape index (κ2) is 31.0. The maximum Gasteiger partial charge on any atom is 0.417 e. The first kappa shape index (κ1) is 77.5. The van der Waals surface area contributed by atoms with Gasteiger partial charge in [-0.15, -0.1) is 0 Å². The van der Waals surface area contributed by atoms with Crippen molar-refractivity contribution in [3.8, 4) is 78.9 Å². The van der Waals surface area contributed by atoms with Crippen molar-refractivity contribution in [2.75, 3.05) is 20.4 Å². The van der Waals surface area contributed by atoms with E-state index in [-0.39, 0.29) is 34.4 Å². The van der Waals surface area contributed by atoms with Crippen molar-refractivity contribution in [3.05, 3.63) is 384 Å². The van der Waals surface area contributed by atoms with Gasteiger partial charge in [0.05, 0.1) is 33.4 Å². The lowest BCUT2D eigenvalue weighted by molar-refractivity contribution is -0.144. The number of hydrogen-bond acceptors (Lipinski definition) is 8. The summed E-state index contributed by atoms with van der Waals surface area (Å²) in [5.74, 6) is 1.41. The summed E-state index contributed by atoms with van der Waals surface area (Å²) in [5, 5.41) is 30.4. The average molecular weight is 1630 g/mol. The van der Waals surface area contributed by atoms with Crippen molar-refractivity contribution in [1.29, 1.82) is 10.5 Å². The quantitative estimate of drug-likeness (QED) is 0.0556. The number of anilines is 8. The van der Waals surface area contributed by atoms with Crippen molar-refractivity contribution in [2.45, 2.75) is 24.7 Å². The number of rotatable bonds is 16. The Morgan fingerprint density at radius 1 is 0.287 bits per heavy atom. The molecular weight excluding hydrogens is 1570 g/mol. The zero-order chi connectivity index (χ0) is 84.3. The molecule has 0 saturated heterocycles. The van der Waals surface area contributed by atoms with Crippen LogP contribution in [0.4, 0.5) is 110 Å². The number of nitrogens with one attached hydrogen (secondary N) is 2. The number of allylic oxidation sites excluding steroid dienone is 2. The standard InChI is InChI=1S/C100H58F12N10/c101-97(102,103)69-31-45-79(87(53-69)99(107,108)109)77-47-48-84-94-82(77)14-8-16-89(94)117-96(84)120-92-52-30-68(58-116-92)64-23-39-74(40-24-64)122(72-35-19-62(20-36-72)60-11-5-2-6-12-60)76-43-27-66(28-44-76)86(56-114)85(55-113)65-25-41-75(42-26-65)121(71-33-17-61(18-34-71)59-9-3-1-4-10-59)73-37-21-63(22-38-73)67-29-51-91(115-57-67)119-95-83-15-7-13-81-78(49-50-90(118-95)93(81)83)80-46-32-70(98(104,105)106)54-88(80)100(110,111)112/h1-54,57-58H,(H,115,118,119)(H,116,117,120)/b86-85+. The molecule has 4 heterocycles. The predicted molar refractivity (Wildman–Crippen MR) is 456 cm³/mol. The van der Waals surface area contributed by atoms with Gasteiger partial charge in [-0.2, -0.15) is 63.2 Å². The largest absolute Gasteiger partial charge is 0.417 e. The molecule has 2 aliphatic rings. The van der Waals surface area contributed by atoms with Gasteiger partial charge < -0.3 is 20.4 Å². The highest BCUT2D eigenvalue weighted by Gasteiger charge is 2.41. The Labute approximate surface area is 689 Å².